The molecule has 20 heavy (non-hydrogen) atoms. The van der Waals surface area contributed by atoms with Crippen molar-refractivity contribution < 1.29 is 8.78 Å². The third-order valence-electron chi connectivity index (χ3n) is 2.97. The minimum Gasteiger partial charge on any atom is -0.306 e. The van der Waals surface area contributed by atoms with Gasteiger partial charge < -0.3 is 5.32 Å². The molecule has 0 radical (unpaired) electrons. The number of nitrogens with one attached hydrogen (secondary N) is 1. The largest absolute Gasteiger partial charge is 0.306 e. The van der Waals surface area contributed by atoms with Crippen LogP contribution in [-0.4, -0.2) is 6.54 Å². The van der Waals surface area contributed by atoms with E-state index in [-0.39, 0.29) is 10.8 Å². The minimum absolute atomic E-state index is 0.0119. The molecule has 0 fully saturated rings. The smallest absolute Gasteiger partial charge is 0.142 e. The van der Waals surface area contributed by atoms with Crippen molar-refractivity contribution >= 4 is 27.5 Å². The summed E-state index contributed by atoms with van der Waals surface area (Å²) in [4.78, 5) is 0. The minimum atomic E-state index is -0.512. The van der Waals surface area contributed by atoms with Gasteiger partial charge in [-0.05, 0) is 36.4 Å². The monoisotopic (exact) mass is 359 g/mol. The Balaban J connectivity index is 2.56. The molecule has 0 amide bonds. The van der Waals surface area contributed by atoms with E-state index in [9.17, 15) is 8.78 Å². The van der Waals surface area contributed by atoms with Crippen LogP contribution in [0.3, 0.4) is 0 Å². The molecule has 1 N–H and O–H groups in total. The summed E-state index contributed by atoms with van der Waals surface area (Å²) in [5.41, 5.74) is 0.944. The summed E-state index contributed by atoms with van der Waals surface area (Å²) >= 11 is 9.34. The SMILES string of the molecule is CCNC(c1cc(Br)ccc1F)c1cccc(F)c1Cl. The van der Waals surface area contributed by atoms with Crippen molar-refractivity contribution in [3.8, 4) is 0 Å². The molecule has 0 heterocycles. The molecule has 2 aromatic carbocycles. The van der Waals surface area contributed by atoms with E-state index in [1.54, 1.807) is 24.3 Å². The van der Waals surface area contributed by atoms with Crippen LogP contribution in [0.5, 0.6) is 0 Å². The molecule has 0 spiro atoms. The zero-order valence-electron chi connectivity index (χ0n) is 10.8. The van der Waals surface area contributed by atoms with Crippen LogP contribution in [0.1, 0.15) is 24.1 Å². The lowest BCUT2D eigenvalue weighted by Crippen LogP contribution is -2.23. The van der Waals surface area contributed by atoms with Gasteiger partial charge >= 0.3 is 0 Å². The topological polar surface area (TPSA) is 12.0 Å². The van der Waals surface area contributed by atoms with Crippen molar-refractivity contribution in [1.82, 2.24) is 5.32 Å². The molecule has 1 unspecified atom stereocenters. The van der Waals surface area contributed by atoms with Crippen LogP contribution in [0.15, 0.2) is 40.9 Å². The zero-order valence-corrected chi connectivity index (χ0v) is 13.1. The van der Waals surface area contributed by atoms with E-state index in [0.717, 1.165) is 4.47 Å². The Morgan fingerprint density at radius 2 is 1.90 bits per heavy atom. The van der Waals surface area contributed by atoms with Gasteiger partial charge in [-0.2, -0.15) is 0 Å². The van der Waals surface area contributed by atoms with Crippen molar-refractivity contribution in [2.75, 3.05) is 6.54 Å². The first-order valence-electron chi connectivity index (χ1n) is 6.16. The molecule has 0 saturated carbocycles. The Morgan fingerprint density at radius 3 is 2.60 bits per heavy atom. The van der Waals surface area contributed by atoms with E-state index in [1.807, 2.05) is 6.92 Å². The zero-order chi connectivity index (χ0) is 14.7. The van der Waals surface area contributed by atoms with Gasteiger partial charge in [0.15, 0.2) is 0 Å². The summed E-state index contributed by atoms with van der Waals surface area (Å²) in [5.74, 6) is -0.873. The lowest BCUT2D eigenvalue weighted by Gasteiger charge is -2.21. The van der Waals surface area contributed by atoms with E-state index in [1.165, 1.54) is 12.1 Å². The van der Waals surface area contributed by atoms with Crippen LogP contribution in [0, 0.1) is 11.6 Å². The van der Waals surface area contributed by atoms with Crippen LogP contribution in [0.2, 0.25) is 5.02 Å². The number of halogens is 4. The summed E-state index contributed by atoms with van der Waals surface area (Å²) in [5, 5.41) is 3.15. The van der Waals surface area contributed by atoms with Gasteiger partial charge in [-0.15, -0.1) is 0 Å². The Bertz CT molecular complexity index is 617. The molecule has 0 aliphatic carbocycles. The van der Waals surface area contributed by atoms with E-state index in [4.69, 9.17) is 11.6 Å². The average Bonchev–Trinajstić information content (AvgIpc) is 2.43. The molecular weight excluding hydrogens is 348 g/mol. The fourth-order valence-corrected chi connectivity index (χ4v) is 2.68. The molecular formula is C15H13BrClF2N. The third-order valence-corrected chi connectivity index (χ3v) is 3.86. The van der Waals surface area contributed by atoms with Crippen LogP contribution < -0.4 is 5.32 Å². The molecule has 0 aromatic heterocycles. The van der Waals surface area contributed by atoms with Gasteiger partial charge in [0.1, 0.15) is 11.6 Å². The van der Waals surface area contributed by atoms with Crippen LogP contribution in [-0.2, 0) is 0 Å². The fourth-order valence-electron chi connectivity index (χ4n) is 2.07. The average molecular weight is 361 g/mol. The van der Waals surface area contributed by atoms with E-state index < -0.39 is 11.9 Å². The summed E-state index contributed by atoms with van der Waals surface area (Å²) in [6.45, 7) is 2.50. The normalized spacial score (nSPS) is 12.4. The maximum Gasteiger partial charge on any atom is 0.142 e. The van der Waals surface area contributed by atoms with Gasteiger partial charge in [-0.3, -0.25) is 0 Å². The van der Waals surface area contributed by atoms with Gasteiger partial charge in [0, 0.05) is 10.0 Å². The highest BCUT2D eigenvalue weighted by molar-refractivity contribution is 9.10. The molecule has 1 nitrogen and oxygen atoms in total. The molecule has 0 bridgehead atoms. The van der Waals surface area contributed by atoms with Gasteiger partial charge in [0.25, 0.3) is 0 Å². The highest BCUT2D eigenvalue weighted by Crippen LogP contribution is 2.32. The number of hydrogen-bond acceptors (Lipinski definition) is 1. The van der Waals surface area contributed by atoms with Crippen molar-refractivity contribution in [1.29, 1.82) is 0 Å². The summed E-state index contributed by atoms with van der Waals surface area (Å²) < 4.78 is 28.4. The molecule has 5 heteroatoms. The molecule has 0 aliphatic heterocycles. The third kappa shape index (κ3) is 3.19. The molecule has 1 atom stereocenters. The van der Waals surface area contributed by atoms with Gasteiger partial charge in [0.05, 0.1) is 11.1 Å². The number of rotatable bonds is 4. The molecule has 0 aliphatic rings. The molecule has 106 valence electrons. The Labute approximate surface area is 130 Å². The van der Waals surface area contributed by atoms with Crippen LogP contribution in [0.25, 0.3) is 0 Å². The highest BCUT2D eigenvalue weighted by atomic mass is 79.9. The van der Waals surface area contributed by atoms with E-state index in [2.05, 4.69) is 21.2 Å². The molecule has 2 aromatic rings. The van der Waals surface area contributed by atoms with Gasteiger partial charge in [-0.1, -0.05) is 46.6 Å². The van der Waals surface area contributed by atoms with Gasteiger partial charge in [-0.25, -0.2) is 8.78 Å². The maximum absolute atomic E-state index is 14.1. The Hall–Kier alpha value is -0.970. The summed E-state index contributed by atoms with van der Waals surface area (Å²) in [7, 11) is 0. The van der Waals surface area contributed by atoms with Crippen LogP contribution in [0.4, 0.5) is 8.78 Å². The number of benzene rings is 2. The first-order chi connectivity index (χ1) is 9.54. The van der Waals surface area contributed by atoms with Crippen molar-refractivity contribution in [2.24, 2.45) is 0 Å². The van der Waals surface area contributed by atoms with Crippen molar-refractivity contribution in [3.05, 3.63) is 68.7 Å². The lowest BCUT2D eigenvalue weighted by molar-refractivity contribution is 0.554. The molecule has 0 saturated heterocycles. The number of hydrogen-bond donors (Lipinski definition) is 1. The predicted octanol–water partition coefficient (Wildman–Crippen LogP) is 5.08. The lowest BCUT2D eigenvalue weighted by atomic mass is 9.98. The summed E-state index contributed by atoms with van der Waals surface area (Å²) in [6, 6.07) is 8.71. The second-order valence-corrected chi connectivity index (χ2v) is 5.59. The first-order valence-corrected chi connectivity index (χ1v) is 7.34. The van der Waals surface area contributed by atoms with E-state index >= 15 is 0 Å². The summed E-state index contributed by atoms with van der Waals surface area (Å²) in [6.07, 6.45) is 0. The fraction of sp³-hybridized carbons (Fsp3) is 0.200. The van der Waals surface area contributed by atoms with Crippen molar-refractivity contribution in [3.63, 3.8) is 0 Å². The second-order valence-electron chi connectivity index (χ2n) is 4.30. The molecule has 2 rings (SSSR count). The quantitative estimate of drug-likeness (QED) is 0.802. The Kier molecular flexibility index (Phi) is 5.13. The maximum atomic E-state index is 14.1. The Morgan fingerprint density at radius 1 is 1.15 bits per heavy atom. The van der Waals surface area contributed by atoms with Crippen molar-refractivity contribution in [2.45, 2.75) is 13.0 Å². The standard InChI is InChI=1S/C15H13BrClF2N/c1-2-20-15(10-4-3-5-13(19)14(10)17)11-8-9(16)6-7-12(11)18/h3-8,15,20H,2H2,1H3. The highest BCUT2D eigenvalue weighted by Gasteiger charge is 2.21. The second kappa shape index (κ2) is 6.66. The van der Waals surface area contributed by atoms with Gasteiger partial charge in [0.2, 0.25) is 0 Å². The first kappa shape index (κ1) is 15.4. The predicted molar refractivity (Wildman–Crippen MR) is 81.0 cm³/mol. The van der Waals surface area contributed by atoms with Crippen LogP contribution >= 0.6 is 27.5 Å². The van der Waals surface area contributed by atoms with E-state index in [0.29, 0.717) is 17.7 Å².